The van der Waals surface area contributed by atoms with Gasteiger partial charge in [-0.15, -0.1) is 11.6 Å². The summed E-state index contributed by atoms with van der Waals surface area (Å²) < 4.78 is 0. The van der Waals surface area contributed by atoms with Crippen LogP contribution >= 0.6 is 11.6 Å². The quantitative estimate of drug-likeness (QED) is 0.600. The van der Waals surface area contributed by atoms with Crippen LogP contribution in [0.1, 0.15) is 21.3 Å². The molecule has 0 saturated heterocycles. The molecule has 0 aliphatic rings. The Labute approximate surface area is 98.9 Å². The number of pyridine rings is 1. The topological polar surface area (TPSA) is 30.0 Å². The summed E-state index contributed by atoms with van der Waals surface area (Å²) in [4.78, 5) is 15.8. The van der Waals surface area contributed by atoms with Crippen molar-refractivity contribution in [2.75, 3.05) is 0 Å². The van der Waals surface area contributed by atoms with Crippen molar-refractivity contribution in [2.45, 2.75) is 5.38 Å². The van der Waals surface area contributed by atoms with Crippen LogP contribution in [0.15, 0.2) is 54.9 Å². The number of halogens is 1. The number of nitrogens with zero attached hydrogens (tertiary/aromatic N) is 1. The van der Waals surface area contributed by atoms with Crippen molar-refractivity contribution in [3.05, 3.63) is 66.0 Å². The Bertz CT molecular complexity index is 470. The first kappa shape index (κ1) is 10.8. The first-order chi connectivity index (χ1) is 7.79. The highest BCUT2D eigenvalue weighted by Crippen LogP contribution is 2.24. The number of alkyl halides is 1. The highest BCUT2D eigenvalue weighted by molar-refractivity contribution is 6.33. The predicted molar refractivity (Wildman–Crippen MR) is 63.6 cm³/mol. The minimum absolute atomic E-state index is 0.102. The third-order valence-corrected chi connectivity index (χ3v) is 2.74. The van der Waals surface area contributed by atoms with Gasteiger partial charge in [0.15, 0.2) is 5.78 Å². The molecule has 1 unspecified atom stereocenters. The van der Waals surface area contributed by atoms with E-state index in [1.165, 1.54) is 0 Å². The Morgan fingerprint density at radius 1 is 1.06 bits per heavy atom. The molecule has 0 fully saturated rings. The minimum Gasteiger partial charge on any atom is -0.292 e. The number of aromatic nitrogens is 1. The SMILES string of the molecule is O=C(c1ccncc1)C(Cl)c1ccccc1. The van der Waals surface area contributed by atoms with E-state index in [9.17, 15) is 4.79 Å². The first-order valence-electron chi connectivity index (χ1n) is 4.92. The highest BCUT2D eigenvalue weighted by Gasteiger charge is 2.18. The van der Waals surface area contributed by atoms with Crippen LogP contribution in [0, 0.1) is 0 Å². The highest BCUT2D eigenvalue weighted by atomic mass is 35.5. The lowest BCUT2D eigenvalue weighted by molar-refractivity contribution is 0.0987. The van der Waals surface area contributed by atoms with Gasteiger partial charge in [0.1, 0.15) is 5.38 Å². The average Bonchev–Trinajstić information content (AvgIpc) is 2.39. The van der Waals surface area contributed by atoms with Gasteiger partial charge in [-0.2, -0.15) is 0 Å². The summed E-state index contributed by atoms with van der Waals surface area (Å²) in [5.41, 5.74) is 1.39. The van der Waals surface area contributed by atoms with E-state index >= 15 is 0 Å². The van der Waals surface area contributed by atoms with E-state index in [0.29, 0.717) is 5.56 Å². The van der Waals surface area contributed by atoms with Gasteiger partial charge < -0.3 is 0 Å². The number of benzene rings is 1. The molecule has 0 saturated carbocycles. The summed E-state index contributed by atoms with van der Waals surface area (Å²) >= 11 is 6.12. The first-order valence-corrected chi connectivity index (χ1v) is 5.36. The Balaban J connectivity index is 2.24. The molecule has 0 spiro atoms. The van der Waals surface area contributed by atoms with Crippen molar-refractivity contribution in [3.63, 3.8) is 0 Å². The zero-order chi connectivity index (χ0) is 11.4. The van der Waals surface area contributed by atoms with Crippen LogP contribution in [-0.4, -0.2) is 10.8 Å². The van der Waals surface area contributed by atoms with Crippen molar-refractivity contribution < 1.29 is 4.79 Å². The Kier molecular flexibility index (Phi) is 3.32. The molecular formula is C13H10ClNO. The average molecular weight is 232 g/mol. The van der Waals surface area contributed by atoms with Gasteiger partial charge in [-0.05, 0) is 17.7 Å². The van der Waals surface area contributed by atoms with Gasteiger partial charge in [-0.25, -0.2) is 0 Å². The maximum Gasteiger partial charge on any atom is 0.185 e. The van der Waals surface area contributed by atoms with E-state index in [1.54, 1.807) is 24.5 Å². The summed E-state index contributed by atoms with van der Waals surface area (Å²) in [5.74, 6) is -0.102. The summed E-state index contributed by atoms with van der Waals surface area (Å²) in [6, 6.07) is 12.6. The lowest BCUT2D eigenvalue weighted by Crippen LogP contribution is -2.07. The lowest BCUT2D eigenvalue weighted by atomic mass is 10.0. The number of hydrogen-bond acceptors (Lipinski definition) is 2. The maximum atomic E-state index is 12.0. The van der Waals surface area contributed by atoms with Crippen LogP contribution in [0.5, 0.6) is 0 Å². The van der Waals surface area contributed by atoms with Gasteiger partial charge in [0.05, 0.1) is 0 Å². The monoisotopic (exact) mass is 231 g/mol. The molecule has 1 aromatic heterocycles. The Morgan fingerprint density at radius 3 is 2.31 bits per heavy atom. The molecule has 0 amide bonds. The van der Waals surface area contributed by atoms with Crippen molar-refractivity contribution in [1.29, 1.82) is 0 Å². The molecule has 1 atom stereocenters. The molecule has 0 aliphatic heterocycles. The fourth-order valence-electron chi connectivity index (χ4n) is 1.44. The van der Waals surface area contributed by atoms with Gasteiger partial charge in [0.25, 0.3) is 0 Å². The number of hydrogen-bond donors (Lipinski definition) is 0. The molecule has 2 aromatic rings. The number of carbonyl (C=O) groups excluding carboxylic acids is 1. The summed E-state index contributed by atoms with van der Waals surface area (Å²) in [6.07, 6.45) is 3.17. The molecule has 0 aliphatic carbocycles. The van der Waals surface area contributed by atoms with E-state index < -0.39 is 5.38 Å². The zero-order valence-corrected chi connectivity index (χ0v) is 9.26. The van der Waals surface area contributed by atoms with E-state index in [4.69, 9.17) is 11.6 Å². The number of carbonyl (C=O) groups is 1. The van der Waals surface area contributed by atoms with Crippen LogP contribution in [0.2, 0.25) is 0 Å². The molecule has 1 aromatic carbocycles. The number of ketones is 1. The van der Waals surface area contributed by atoms with E-state index in [2.05, 4.69) is 4.98 Å². The van der Waals surface area contributed by atoms with E-state index in [0.717, 1.165) is 5.56 Å². The molecule has 0 bridgehead atoms. The third kappa shape index (κ3) is 2.28. The fourth-order valence-corrected chi connectivity index (χ4v) is 1.71. The second-order valence-electron chi connectivity index (χ2n) is 3.37. The van der Waals surface area contributed by atoms with Gasteiger partial charge in [0.2, 0.25) is 0 Å². The summed E-state index contributed by atoms with van der Waals surface area (Å²) in [7, 11) is 0. The van der Waals surface area contributed by atoms with Crippen LogP contribution in [-0.2, 0) is 0 Å². The molecular weight excluding hydrogens is 222 g/mol. The predicted octanol–water partition coefficient (Wildman–Crippen LogP) is 3.24. The van der Waals surface area contributed by atoms with Crippen LogP contribution in [0.3, 0.4) is 0 Å². The van der Waals surface area contributed by atoms with Gasteiger partial charge in [0, 0.05) is 18.0 Å². The minimum atomic E-state index is -0.636. The van der Waals surface area contributed by atoms with Gasteiger partial charge >= 0.3 is 0 Å². The largest absolute Gasteiger partial charge is 0.292 e. The normalized spacial score (nSPS) is 12.1. The standard InChI is InChI=1S/C13H10ClNO/c14-12(10-4-2-1-3-5-10)13(16)11-6-8-15-9-7-11/h1-9,12H. The van der Waals surface area contributed by atoms with Crippen LogP contribution < -0.4 is 0 Å². The van der Waals surface area contributed by atoms with Crippen molar-refractivity contribution in [3.8, 4) is 0 Å². The molecule has 0 N–H and O–H groups in total. The van der Waals surface area contributed by atoms with E-state index in [-0.39, 0.29) is 5.78 Å². The van der Waals surface area contributed by atoms with Crippen molar-refractivity contribution in [1.82, 2.24) is 4.98 Å². The molecule has 2 nitrogen and oxygen atoms in total. The Hall–Kier alpha value is -1.67. The van der Waals surface area contributed by atoms with Gasteiger partial charge in [-0.1, -0.05) is 30.3 Å². The van der Waals surface area contributed by atoms with Crippen molar-refractivity contribution >= 4 is 17.4 Å². The second kappa shape index (κ2) is 4.90. The lowest BCUT2D eigenvalue weighted by Gasteiger charge is -2.08. The molecule has 80 valence electrons. The van der Waals surface area contributed by atoms with Gasteiger partial charge in [-0.3, -0.25) is 9.78 Å². The van der Waals surface area contributed by atoms with Crippen molar-refractivity contribution in [2.24, 2.45) is 0 Å². The maximum absolute atomic E-state index is 12.0. The number of Topliss-reactive ketones (excluding diaryl/α,β-unsaturated/α-hetero) is 1. The summed E-state index contributed by atoms with van der Waals surface area (Å²) in [5, 5.41) is -0.636. The third-order valence-electron chi connectivity index (χ3n) is 2.29. The van der Waals surface area contributed by atoms with Crippen LogP contribution in [0.25, 0.3) is 0 Å². The van der Waals surface area contributed by atoms with Crippen LogP contribution in [0.4, 0.5) is 0 Å². The number of rotatable bonds is 3. The molecule has 1 heterocycles. The summed E-state index contributed by atoms with van der Waals surface area (Å²) in [6.45, 7) is 0. The fraction of sp³-hybridized carbons (Fsp3) is 0.0769. The van der Waals surface area contributed by atoms with E-state index in [1.807, 2.05) is 30.3 Å². The molecule has 3 heteroatoms. The molecule has 16 heavy (non-hydrogen) atoms. The Morgan fingerprint density at radius 2 is 1.69 bits per heavy atom. The molecule has 0 radical (unpaired) electrons. The zero-order valence-electron chi connectivity index (χ0n) is 8.51. The smallest absolute Gasteiger partial charge is 0.185 e. The molecule has 2 rings (SSSR count). The second-order valence-corrected chi connectivity index (χ2v) is 3.81.